The Morgan fingerprint density at radius 3 is 2.76 bits per heavy atom. The van der Waals surface area contributed by atoms with Gasteiger partial charge in [0, 0.05) is 24.3 Å². The number of Topliss-reactive ketones (excluding diaryl/α,β-unsaturated/α-hetero) is 1. The van der Waals surface area contributed by atoms with Crippen LogP contribution in [0, 0.1) is 5.92 Å². The third kappa shape index (κ3) is 3.81. The van der Waals surface area contributed by atoms with Gasteiger partial charge in [-0.2, -0.15) is 0 Å². The van der Waals surface area contributed by atoms with Crippen molar-refractivity contribution in [3.05, 3.63) is 29.8 Å². The summed E-state index contributed by atoms with van der Waals surface area (Å²) >= 11 is 0. The topological polar surface area (TPSA) is 92.5 Å². The predicted molar refractivity (Wildman–Crippen MR) is 79.0 cm³/mol. The van der Waals surface area contributed by atoms with Crippen LogP contribution in [0.25, 0.3) is 0 Å². The summed E-state index contributed by atoms with van der Waals surface area (Å²) in [7, 11) is 0. The average molecular weight is 289 g/mol. The maximum Gasteiger partial charge on any atom is 0.314 e. The first-order valence-electron chi connectivity index (χ1n) is 6.93. The minimum absolute atomic E-state index is 0.0522. The molecule has 112 valence electrons. The molecule has 0 spiro atoms. The second-order valence-corrected chi connectivity index (χ2v) is 5.25. The molecule has 21 heavy (non-hydrogen) atoms. The Hall–Kier alpha value is -2.37. The summed E-state index contributed by atoms with van der Waals surface area (Å²) in [6, 6.07) is 6.32. The lowest BCUT2D eigenvalue weighted by Crippen LogP contribution is -2.46. The number of likely N-dealkylation sites (tertiary alicyclic amines) is 1. The van der Waals surface area contributed by atoms with Crippen LogP contribution in [0.15, 0.2) is 24.3 Å². The molecule has 0 unspecified atom stereocenters. The van der Waals surface area contributed by atoms with Gasteiger partial charge < -0.3 is 16.0 Å². The van der Waals surface area contributed by atoms with E-state index in [1.807, 2.05) is 0 Å². The minimum atomic E-state index is -0.494. The maximum atomic E-state index is 12.2. The van der Waals surface area contributed by atoms with Crippen molar-refractivity contribution in [3.63, 3.8) is 0 Å². The van der Waals surface area contributed by atoms with E-state index < -0.39 is 6.03 Å². The van der Waals surface area contributed by atoms with Crippen LogP contribution in [0.2, 0.25) is 0 Å². The second-order valence-electron chi connectivity index (χ2n) is 5.25. The number of amides is 3. The zero-order valence-electron chi connectivity index (χ0n) is 12.0. The Morgan fingerprint density at radius 1 is 1.33 bits per heavy atom. The van der Waals surface area contributed by atoms with Crippen molar-refractivity contribution < 1.29 is 14.4 Å². The van der Waals surface area contributed by atoms with Crippen molar-refractivity contribution in [2.75, 3.05) is 18.4 Å². The third-order valence-corrected chi connectivity index (χ3v) is 3.64. The fourth-order valence-electron chi connectivity index (χ4n) is 2.45. The smallest absolute Gasteiger partial charge is 0.314 e. The average Bonchev–Trinajstić information content (AvgIpc) is 2.47. The molecular weight excluding hydrogens is 270 g/mol. The van der Waals surface area contributed by atoms with E-state index in [0.29, 0.717) is 24.3 Å². The van der Waals surface area contributed by atoms with Crippen molar-refractivity contribution in [3.8, 4) is 0 Å². The molecule has 3 amide bonds. The number of primary amides is 1. The number of nitrogens with two attached hydrogens (primary N) is 1. The quantitative estimate of drug-likeness (QED) is 0.828. The predicted octanol–water partition coefficient (Wildman–Crippen LogP) is 1.62. The molecule has 3 N–H and O–H groups in total. The Morgan fingerprint density at radius 2 is 2.10 bits per heavy atom. The highest BCUT2D eigenvalue weighted by Gasteiger charge is 2.27. The molecule has 1 saturated heterocycles. The number of hydrogen-bond donors (Lipinski definition) is 2. The lowest BCUT2D eigenvalue weighted by Gasteiger charge is -2.30. The monoisotopic (exact) mass is 289 g/mol. The molecule has 2 rings (SSSR count). The van der Waals surface area contributed by atoms with Gasteiger partial charge in [0.25, 0.3) is 0 Å². The molecule has 1 atom stereocenters. The van der Waals surface area contributed by atoms with Crippen LogP contribution in [-0.4, -0.2) is 35.7 Å². The van der Waals surface area contributed by atoms with Gasteiger partial charge in [-0.3, -0.25) is 9.59 Å². The van der Waals surface area contributed by atoms with E-state index in [9.17, 15) is 14.4 Å². The Labute approximate surface area is 123 Å². The van der Waals surface area contributed by atoms with E-state index in [0.717, 1.165) is 12.8 Å². The number of rotatable bonds is 3. The highest BCUT2D eigenvalue weighted by molar-refractivity contribution is 5.97. The maximum absolute atomic E-state index is 12.2. The van der Waals surface area contributed by atoms with E-state index >= 15 is 0 Å². The van der Waals surface area contributed by atoms with Crippen LogP contribution in [0.4, 0.5) is 10.5 Å². The third-order valence-electron chi connectivity index (χ3n) is 3.64. The van der Waals surface area contributed by atoms with E-state index in [4.69, 9.17) is 5.73 Å². The van der Waals surface area contributed by atoms with Crippen LogP contribution in [-0.2, 0) is 4.79 Å². The Kier molecular flexibility index (Phi) is 4.57. The molecule has 1 aliphatic rings. The van der Waals surface area contributed by atoms with Gasteiger partial charge >= 0.3 is 6.03 Å². The molecule has 1 heterocycles. The number of hydrogen-bond acceptors (Lipinski definition) is 3. The molecule has 1 fully saturated rings. The number of urea groups is 1. The van der Waals surface area contributed by atoms with Crippen molar-refractivity contribution >= 4 is 23.4 Å². The van der Waals surface area contributed by atoms with Crippen LogP contribution in [0.1, 0.15) is 30.1 Å². The Balaban J connectivity index is 2.02. The molecule has 0 saturated carbocycles. The minimum Gasteiger partial charge on any atom is -0.351 e. The van der Waals surface area contributed by atoms with Gasteiger partial charge in [0.2, 0.25) is 5.91 Å². The number of ketones is 1. The molecule has 0 aromatic heterocycles. The number of nitrogens with zero attached hydrogens (tertiary/aromatic N) is 1. The van der Waals surface area contributed by atoms with Crippen LogP contribution >= 0.6 is 0 Å². The van der Waals surface area contributed by atoms with Gasteiger partial charge in [-0.15, -0.1) is 0 Å². The number of carbonyl (C=O) groups is 3. The van der Waals surface area contributed by atoms with Gasteiger partial charge in [0.15, 0.2) is 5.78 Å². The summed E-state index contributed by atoms with van der Waals surface area (Å²) in [5.41, 5.74) is 6.39. The molecule has 0 aliphatic carbocycles. The summed E-state index contributed by atoms with van der Waals surface area (Å²) in [4.78, 5) is 36.2. The fraction of sp³-hybridized carbons (Fsp3) is 0.400. The van der Waals surface area contributed by atoms with Gasteiger partial charge in [-0.25, -0.2) is 4.79 Å². The number of carbonyl (C=O) groups excluding carboxylic acids is 3. The van der Waals surface area contributed by atoms with Gasteiger partial charge in [-0.1, -0.05) is 12.1 Å². The standard InChI is InChI=1S/C15H19N3O3/c1-10(19)11-4-2-6-13(8-11)17-14(20)12-5-3-7-18(9-12)15(16)21/h2,4,6,8,12H,3,5,7,9H2,1H3,(H2,16,21)(H,17,20)/t12-/m1/s1. The van der Waals surface area contributed by atoms with Crippen LogP contribution < -0.4 is 11.1 Å². The summed E-state index contributed by atoms with van der Waals surface area (Å²) in [5.74, 6) is -0.474. The first-order chi connectivity index (χ1) is 9.97. The fourth-order valence-corrected chi connectivity index (χ4v) is 2.45. The number of piperidine rings is 1. The van der Waals surface area contributed by atoms with E-state index in [2.05, 4.69) is 5.32 Å². The number of benzene rings is 1. The lowest BCUT2D eigenvalue weighted by molar-refractivity contribution is -0.121. The van der Waals surface area contributed by atoms with Crippen molar-refractivity contribution in [2.24, 2.45) is 11.7 Å². The highest BCUT2D eigenvalue weighted by atomic mass is 16.2. The largest absolute Gasteiger partial charge is 0.351 e. The van der Waals surface area contributed by atoms with E-state index in [-0.39, 0.29) is 17.6 Å². The summed E-state index contributed by atoms with van der Waals surface area (Å²) in [5, 5.41) is 2.80. The number of anilines is 1. The number of nitrogens with one attached hydrogen (secondary N) is 1. The normalized spacial score (nSPS) is 18.1. The first kappa shape index (κ1) is 15.0. The zero-order chi connectivity index (χ0) is 15.4. The van der Waals surface area contributed by atoms with E-state index in [1.165, 1.54) is 11.8 Å². The molecule has 6 nitrogen and oxygen atoms in total. The van der Waals surface area contributed by atoms with Gasteiger partial charge in [0.1, 0.15) is 0 Å². The Bertz CT molecular complexity index is 571. The molecule has 0 bridgehead atoms. The molecule has 1 aromatic carbocycles. The summed E-state index contributed by atoms with van der Waals surface area (Å²) in [6.07, 6.45) is 1.48. The molecular formula is C15H19N3O3. The molecule has 1 aliphatic heterocycles. The van der Waals surface area contributed by atoms with Crippen molar-refractivity contribution in [1.82, 2.24) is 4.90 Å². The molecule has 1 aromatic rings. The van der Waals surface area contributed by atoms with Crippen LogP contribution in [0.5, 0.6) is 0 Å². The van der Waals surface area contributed by atoms with E-state index in [1.54, 1.807) is 24.3 Å². The SMILES string of the molecule is CC(=O)c1cccc(NC(=O)[C@@H]2CCCN(C(N)=O)C2)c1. The molecule has 6 heteroatoms. The van der Waals surface area contributed by atoms with Gasteiger partial charge in [-0.05, 0) is 31.9 Å². The highest BCUT2D eigenvalue weighted by Crippen LogP contribution is 2.19. The lowest BCUT2D eigenvalue weighted by atomic mass is 9.97. The van der Waals surface area contributed by atoms with Gasteiger partial charge in [0.05, 0.1) is 5.92 Å². The summed E-state index contributed by atoms with van der Waals surface area (Å²) < 4.78 is 0. The second kappa shape index (κ2) is 6.39. The summed E-state index contributed by atoms with van der Waals surface area (Å²) in [6.45, 7) is 2.42. The first-order valence-corrected chi connectivity index (χ1v) is 6.93. The molecule has 0 radical (unpaired) electrons. The van der Waals surface area contributed by atoms with Crippen molar-refractivity contribution in [2.45, 2.75) is 19.8 Å². The zero-order valence-corrected chi connectivity index (χ0v) is 12.0. The van der Waals surface area contributed by atoms with Crippen LogP contribution in [0.3, 0.4) is 0 Å². The van der Waals surface area contributed by atoms with Crippen molar-refractivity contribution in [1.29, 1.82) is 0 Å².